The molecule has 1 aliphatic heterocycles. The molecule has 4 N–H and O–H groups in total. The summed E-state index contributed by atoms with van der Waals surface area (Å²) in [5.41, 5.74) is 11.4. The molecule has 0 saturated carbocycles. The first-order valence-corrected chi connectivity index (χ1v) is 5.69. The highest BCUT2D eigenvalue weighted by Gasteiger charge is 2.54. The molecule has 1 aliphatic rings. The molecule has 1 saturated heterocycles. The summed E-state index contributed by atoms with van der Waals surface area (Å²) in [4.78, 5) is 17.8. The van der Waals surface area contributed by atoms with Crippen molar-refractivity contribution in [2.45, 2.75) is 30.6 Å². The van der Waals surface area contributed by atoms with Gasteiger partial charge in [0.25, 0.3) is 0 Å². The number of hydrogen-bond donors (Lipinski definition) is 3. The number of anilines is 1. The Balaban J connectivity index is 2.45. The van der Waals surface area contributed by atoms with Crippen LogP contribution in [0.4, 0.5) is 5.82 Å². The lowest BCUT2D eigenvalue weighted by Gasteiger charge is -2.24. The maximum Gasteiger partial charge on any atom is 0.351 e. The largest absolute Gasteiger partial charge is 0.387 e. The van der Waals surface area contributed by atoms with Gasteiger partial charge in [0.1, 0.15) is 18.0 Å². The summed E-state index contributed by atoms with van der Waals surface area (Å²) in [6, 6.07) is 1.33. The Morgan fingerprint density at radius 1 is 1.70 bits per heavy atom. The van der Waals surface area contributed by atoms with Gasteiger partial charge in [-0.05, 0) is 18.0 Å². The standard InChI is InChI=1S/C10H13N6O4/c1-2-10(14-15-12)7(18)6(17)8(20-10)16-4-3-5(11)13-9(16)19/h3-4,6-8,17-18H,1-2H2,(H2,11,13,19)/t6-,7+,8-,10-/m1/s1. The van der Waals surface area contributed by atoms with Crippen LogP contribution in [0.25, 0.3) is 10.4 Å². The highest BCUT2D eigenvalue weighted by molar-refractivity contribution is 5.23. The van der Waals surface area contributed by atoms with Crippen LogP contribution in [0.1, 0.15) is 12.6 Å². The van der Waals surface area contributed by atoms with E-state index in [-0.39, 0.29) is 12.2 Å². The fourth-order valence-corrected chi connectivity index (χ4v) is 2.03. The number of ether oxygens (including phenoxy) is 1. The van der Waals surface area contributed by atoms with Crippen molar-refractivity contribution in [1.82, 2.24) is 9.55 Å². The normalized spacial score (nSPS) is 32.9. The van der Waals surface area contributed by atoms with Crippen LogP contribution in [0.5, 0.6) is 0 Å². The third-order valence-electron chi connectivity index (χ3n) is 3.10. The van der Waals surface area contributed by atoms with Gasteiger partial charge in [0.15, 0.2) is 12.0 Å². The minimum absolute atomic E-state index is 0.0118. The van der Waals surface area contributed by atoms with Crippen molar-refractivity contribution in [3.8, 4) is 0 Å². The molecule has 107 valence electrons. The van der Waals surface area contributed by atoms with E-state index in [4.69, 9.17) is 16.0 Å². The van der Waals surface area contributed by atoms with Crippen LogP contribution in [0.2, 0.25) is 0 Å². The van der Waals surface area contributed by atoms with Gasteiger partial charge in [-0.25, -0.2) is 4.79 Å². The predicted octanol–water partition coefficient (Wildman–Crippen LogP) is -0.693. The number of hydrogen-bond acceptors (Lipinski definition) is 7. The lowest BCUT2D eigenvalue weighted by atomic mass is 10.0. The Kier molecular flexibility index (Phi) is 3.64. The molecule has 1 aromatic heterocycles. The summed E-state index contributed by atoms with van der Waals surface area (Å²) >= 11 is 0. The third-order valence-corrected chi connectivity index (χ3v) is 3.10. The van der Waals surface area contributed by atoms with Crippen molar-refractivity contribution in [2.75, 3.05) is 5.73 Å². The second-order valence-corrected chi connectivity index (χ2v) is 4.27. The molecular formula is C10H13N6O4. The van der Waals surface area contributed by atoms with Gasteiger partial charge in [0, 0.05) is 11.1 Å². The summed E-state index contributed by atoms with van der Waals surface area (Å²) < 4.78 is 6.32. The van der Waals surface area contributed by atoms with E-state index in [0.717, 1.165) is 4.57 Å². The number of nitrogens with zero attached hydrogens (tertiary/aromatic N) is 5. The summed E-state index contributed by atoms with van der Waals surface area (Å²) in [5.74, 6) is 0.0118. The zero-order valence-electron chi connectivity index (χ0n) is 10.3. The lowest BCUT2D eigenvalue weighted by Crippen LogP contribution is -2.40. The highest BCUT2D eigenvalue weighted by Crippen LogP contribution is 2.39. The molecule has 0 spiro atoms. The molecule has 4 atom stereocenters. The van der Waals surface area contributed by atoms with Crippen molar-refractivity contribution in [3.63, 3.8) is 0 Å². The first-order valence-electron chi connectivity index (χ1n) is 5.69. The molecule has 0 unspecified atom stereocenters. The number of aliphatic hydroxyl groups is 2. The molecule has 1 radical (unpaired) electrons. The van der Waals surface area contributed by atoms with Gasteiger partial charge in [-0.2, -0.15) is 4.98 Å². The Morgan fingerprint density at radius 2 is 2.40 bits per heavy atom. The van der Waals surface area contributed by atoms with Crippen molar-refractivity contribution >= 4 is 5.82 Å². The predicted molar refractivity (Wildman–Crippen MR) is 66.9 cm³/mol. The van der Waals surface area contributed by atoms with E-state index in [2.05, 4.69) is 21.9 Å². The number of nitrogens with two attached hydrogens (primary N) is 1. The van der Waals surface area contributed by atoms with Crippen LogP contribution in [-0.2, 0) is 4.74 Å². The summed E-state index contributed by atoms with van der Waals surface area (Å²) in [5, 5.41) is 23.3. The van der Waals surface area contributed by atoms with Crippen molar-refractivity contribution in [2.24, 2.45) is 5.11 Å². The van der Waals surface area contributed by atoms with Crippen LogP contribution < -0.4 is 11.4 Å². The number of nitrogen functional groups attached to an aromatic ring is 1. The Morgan fingerprint density at radius 3 is 2.95 bits per heavy atom. The second kappa shape index (κ2) is 5.10. The fraction of sp³-hybridized carbons (Fsp3) is 0.500. The average molecular weight is 281 g/mol. The molecule has 0 amide bonds. The van der Waals surface area contributed by atoms with E-state index in [9.17, 15) is 15.0 Å². The van der Waals surface area contributed by atoms with Gasteiger partial charge in [-0.15, -0.1) is 0 Å². The summed E-state index contributed by atoms with van der Waals surface area (Å²) in [6.07, 6.45) is -3.11. The average Bonchev–Trinajstić information content (AvgIpc) is 2.65. The van der Waals surface area contributed by atoms with E-state index in [1.54, 1.807) is 0 Å². The minimum Gasteiger partial charge on any atom is -0.387 e. The Hall–Kier alpha value is -2.13. The molecule has 1 aromatic rings. The van der Waals surface area contributed by atoms with Gasteiger partial charge in [-0.3, -0.25) is 4.57 Å². The van der Waals surface area contributed by atoms with E-state index in [0.29, 0.717) is 0 Å². The zero-order chi connectivity index (χ0) is 14.9. The number of rotatable bonds is 3. The fourth-order valence-electron chi connectivity index (χ4n) is 2.03. The molecule has 2 heterocycles. The topological polar surface area (TPSA) is 159 Å². The third kappa shape index (κ3) is 2.10. The summed E-state index contributed by atoms with van der Waals surface area (Å²) in [6.45, 7) is 3.52. The minimum atomic E-state index is -1.74. The van der Waals surface area contributed by atoms with Crippen molar-refractivity contribution in [3.05, 3.63) is 40.1 Å². The van der Waals surface area contributed by atoms with Crippen LogP contribution in [0, 0.1) is 6.92 Å². The molecular weight excluding hydrogens is 268 g/mol. The van der Waals surface area contributed by atoms with E-state index < -0.39 is 29.9 Å². The van der Waals surface area contributed by atoms with Gasteiger partial charge >= 0.3 is 5.69 Å². The first-order chi connectivity index (χ1) is 9.45. The second-order valence-electron chi connectivity index (χ2n) is 4.27. The van der Waals surface area contributed by atoms with Crippen LogP contribution >= 0.6 is 0 Å². The number of aliphatic hydroxyl groups excluding tert-OH is 2. The number of azide groups is 1. The van der Waals surface area contributed by atoms with Crippen LogP contribution in [0.15, 0.2) is 22.2 Å². The molecule has 2 rings (SSSR count). The van der Waals surface area contributed by atoms with Crippen LogP contribution in [0.3, 0.4) is 0 Å². The maximum atomic E-state index is 11.7. The zero-order valence-corrected chi connectivity index (χ0v) is 10.3. The maximum absolute atomic E-state index is 11.7. The highest BCUT2D eigenvalue weighted by atomic mass is 16.6. The van der Waals surface area contributed by atoms with Gasteiger partial charge in [-0.1, -0.05) is 12.0 Å². The van der Waals surface area contributed by atoms with Gasteiger partial charge in [0.2, 0.25) is 0 Å². The van der Waals surface area contributed by atoms with Crippen molar-refractivity contribution < 1.29 is 14.9 Å². The number of aromatic nitrogens is 2. The molecule has 0 aliphatic carbocycles. The van der Waals surface area contributed by atoms with Crippen LogP contribution in [-0.4, -0.2) is 37.7 Å². The quantitative estimate of drug-likeness (QED) is 0.377. The smallest absolute Gasteiger partial charge is 0.351 e. The lowest BCUT2D eigenvalue weighted by molar-refractivity contribution is -0.0996. The molecule has 0 bridgehead atoms. The summed E-state index contributed by atoms with van der Waals surface area (Å²) in [7, 11) is 0. The molecule has 0 aromatic carbocycles. The SMILES string of the molecule is [CH2]C[C@@]1(N=[N+]=[N-])O[C@@H](n2ccc(N)nc2=O)[C@H](O)[C@@H]1O. The molecule has 10 heteroatoms. The van der Waals surface area contributed by atoms with E-state index >= 15 is 0 Å². The van der Waals surface area contributed by atoms with Crippen molar-refractivity contribution in [1.29, 1.82) is 0 Å². The van der Waals surface area contributed by atoms with E-state index in [1.807, 2.05) is 0 Å². The molecule has 20 heavy (non-hydrogen) atoms. The van der Waals surface area contributed by atoms with Gasteiger partial charge in [0.05, 0.1) is 0 Å². The Bertz CT molecular complexity index is 612. The first kappa shape index (κ1) is 14.3. The molecule has 10 nitrogen and oxygen atoms in total. The van der Waals surface area contributed by atoms with Gasteiger partial charge < -0.3 is 20.7 Å². The van der Waals surface area contributed by atoms with E-state index in [1.165, 1.54) is 12.3 Å². The molecule has 1 fully saturated rings. The monoisotopic (exact) mass is 281 g/mol. The Labute approximate surface area is 113 Å².